The van der Waals surface area contributed by atoms with E-state index >= 15 is 0 Å². The molecule has 1 unspecified atom stereocenters. The summed E-state index contributed by atoms with van der Waals surface area (Å²) in [6, 6.07) is 6.66. The van der Waals surface area contributed by atoms with E-state index in [0.29, 0.717) is 0 Å². The van der Waals surface area contributed by atoms with Gasteiger partial charge in [0.25, 0.3) is 0 Å². The fourth-order valence-electron chi connectivity index (χ4n) is 1.87. The summed E-state index contributed by atoms with van der Waals surface area (Å²) in [6.45, 7) is 10.2. The molecule has 0 aliphatic rings. The molecule has 0 amide bonds. The summed E-state index contributed by atoms with van der Waals surface area (Å²) in [7, 11) is 0. The molecule has 2 heteroatoms. The summed E-state index contributed by atoms with van der Waals surface area (Å²) in [5.74, 6) is 0.127. The molecule has 0 aromatic heterocycles. The summed E-state index contributed by atoms with van der Waals surface area (Å²) in [5, 5.41) is 12.2. The molecule has 1 aromatic rings. The number of nitriles is 1. The number of hydrogen-bond donors (Lipinski definition) is 1. The third kappa shape index (κ3) is 3.57. The fraction of sp³-hybridized carbons (Fsp3) is 0.533. The van der Waals surface area contributed by atoms with Crippen LogP contribution in [0.25, 0.3) is 0 Å². The van der Waals surface area contributed by atoms with E-state index in [0.717, 1.165) is 19.5 Å². The summed E-state index contributed by atoms with van der Waals surface area (Å²) in [4.78, 5) is 0. The van der Waals surface area contributed by atoms with Gasteiger partial charge in [-0.1, -0.05) is 19.1 Å². The summed E-state index contributed by atoms with van der Waals surface area (Å²) in [5.41, 5.74) is 5.41. The van der Waals surface area contributed by atoms with Crippen molar-refractivity contribution in [2.24, 2.45) is 5.92 Å². The fourth-order valence-corrected chi connectivity index (χ4v) is 1.87. The van der Waals surface area contributed by atoms with Gasteiger partial charge < -0.3 is 5.32 Å². The number of benzene rings is 1. The molecule has 1 aromatic carbocycles. The van der Waals surface area contributed by atoms with E-state index in [-0.39, 0.29) is 5.92 Å². The van der Waals surface area contributed by atoms with Crippen LogP contribution in [0.3, 0.4) is 0 Å². The molecule has 0 aliphatic heterocycles. The Morgan fingerprint density at radius 1 is 1.24 bits per heavy atom. The lowest BCUT2D eigenvalue weighted by molar-refractivity contribution is 0.552. The maximum absolute atomic E-state index is 8.87. The van der Waals surface area contributed by atoms with Crippen LogP contribution in [-0.2, 0) is 6.54 Å². The average Bonchev–Trinajstić information content (AvgIpc) is 2.34. The topological polar surface area (TPSA) is 35.8 Å². The Bertz CT molecular complexity index is 416. The van der Waals surface area contributed by atoms with E-state index in [2.05, 4.69) is 51.2 Å². The Labute approximate surface area is 105 Å². The number of nitrogens with one attached hydrogen (secondary N) is 1. The van der Waals surface area contributed by atoms with E-state index in [1.165, 1.54) is 22.3 Å². The summed E-state index contributed by atoms with van der Waals surface area (Å²) in [6.07, 6.45) is 0.912. The largest absolute Gasteiger partial charge is 0.311 e. The summed E-state index contributed by atoms with van der Waals surface area (Å²) < 4.78 is 0. The normalized spacial score (nSPS) is 12.2. The van der Waals surface area contributed by atoms with Gasteiger partial charge in [-0.25, -0.2) is 0 Å². The van der Waals surface area contributed by atoms with E-state index in [1.54, 1.807) is 0 Å². The number of hydrogen-bond acceptors (Lipinski definition) is 2. The van der Waals surface area contributed by atoms with Crippen molar-refractivity contribution in [1.82, 2.24) is 5.32 Å². The first-order chi connectivity index (χ1) is 8.10. The zero-order valence-corrected chi connectivity index (χ0v) is 11.3. The van der Waals surface area contributed by atoms with Gasteiger partial charge in [0.05, 0.1) is 12.0 Å². The highest BCUT2D eigenvalue weighted by Crippen LogP contribution is 2.16. The minimum absolute atomic E-state index is 0.127. The molecular formula is C15H22N2. The molecular weight excluding hydrogens is 208 g/mol. The maximum atomic E-state index is 8.87. The van der Waals surface area contributed by atoms with Crippen molar-refractivity contribution in [3.05, 3.63) is 34.4 Å². The van der Waals surface area contributed by atoms with Gasteiger partial charge >= 0.3 is 0 Å². The Morgan fingerprint density at radius 2 is 1.94 bits per heavy atom. The van der Waals surface area contributed by atoms with Gasteiger partial charge in [0.15, 0.2) is 0 Å². The molecule has 92 valence electrons. The standard InChI is InChI=1S/C15H22N2/c1-5-14(8-16)9-17-10-15-7-6-11(2)12(3)13(15)4/h6-7,14,17H,5,9-10H2,1-4H3. The number of nitrogens with zero attached hydrogens (tertiary/aromatic N) is 1. The molecule has 0 bridgehead atoms. The molecule has 1 rings (SSSR count). The lowest BCUT2D eigenvalue weighted by Crippen LogP contribution is -2.21. The van der Waals surface area contributed by atoms with Crippen molar-refractivity contribution in [1.29, 1.82) is 5.26 Å². The second-order valence-electron chi connectivity index (χ2n) is 4.66. The number of aryl methyl sites for hydroxylation is 1. The van der Waals surface area contributed by atoms with Crippen LogP contribution in [-0.4, -0.2) is 6.54 Å². The van der Waals surface area contributed by atoms with Gasteiger partial charge in [0, 0.05) is 13.1 Å². The van der Waals surface area contributed by atoms with Crippen molar-refractivity contribution in [3.8, 4) is 6.07 Å². The number of rotatable bonds is 5. The van der Waals surface area contributed by atoms with Crippen LogP contribution >= 0.6 is 0 Å². The van der Waals surface area contributed by atoms with Crippen LogP contribution in [0, 0.1) is 38.0 Å². The van der Waals surface area contributed by atoms with Crippen LogP contribution in [0.1, 0.15) is 35.6 Å². The van der Waals surface area contributed by atoms with Gasteiger partial charge in [-0.3, -0.25) is 0 Å². The molecule has 17 heavy (non-hydrogen) atoms. The van der Waals surface area contributed by atoms with Crippen molar-refractivity contribution in [2.45, 2.75) is 40.7 Å². The minimum atomic E-state index is 0.127. The Kier molecular flexibility index (Phi) is 5.18. The highest BCUT2D eigenvalue weighted by Gasteiger charge is 2.06. The predicted molar refractivity (Wildman–Crippen MR) is 71.8 cm³/mol. The van der Waals surface area contributed by atoms with Crippen LogP contribution in [0.5, 0.6) is 0 Å². The minimum Gasteiger partial charge on any atom is -0.311 e. The van der Waals surface area contributed by atoms with Crippen molar-refractivity contribution >= 4 is 0 Å². The van der Waals surface area contributed by atoms with Gasteiger partial charge in [0.1, 0.15) is 0 Å². The Hall–Kier alpha value is -1.33. The van der Waals surface area contributed by atoms with Gasteiger partial charge in [-0.15, -0.1) is 0 Å². The molecule has 0 spiro atoms. The Balaban J connectivity index is 2.59. The third-order valence-corrected chi connectivity index (χ3v) is 3.55. The van der Waals surface area contributed by atoms with E-state index in [1.807, 2.05) is 0 Å². The second kappa shape index (κ2) is 6.42. The molecule has 0 aliphatic carbocycles. The molecule has 0 saturated heterocycles. The molecule has 0 radical (unpaired) electrons. The van der Waals surface area contributed by atoms with Crippen LogP contribution < -0.4 is 5.32 Å². The van der Waals surface area contributed by atoms with Crippen LogP contribution in [0.4, 0.5) is 0 Å². The van der Waals surface area contributed by atoms with Crippen molar-refractivity contribution in [2.75, 3.05) is 6.54 Å². The molecule has 0 saturated carbocycles. The van der Waals surface area contributed by atoms with E-state index in [4.69, 9.17) is 5.26 Å². The smallest absolute Gasteiger partial charge is 0.0669 e. The van der Waals surface area contributed by atoms with Gasteiger partial charge in [0.2, 0.25) is 0 Å². The molecule has 0 fully saturated rings. The maximum Gasteiger partial charge on any atom is 0.0669 e. The van der Waals surface area contributed by atoms with Crippen molar-refractivity contribution < 1.29 is 0 Å². The highest BCUT2D eigenvalue weighted by molar-refractivity contribution is 5.38. The van der Waals surface area contributed by atoms with Gasteiger partial charge in [-0.2, -0.15) is 5.26 Å². The molecule has 1 N–H and O–H groups in total. The first kappa shape index (κ1) is 13.7. The zero-order chi connectivity index (χ0) is 12.8. The van der Waals surface area contributed by atoms with Gasteiger partial charge in [-0.05, 0) is 49.4 Å². The zero-order valence-electron chi connectivity index (χ0n) is 11.3. The van der Waals surface area contributed by atoms with Crippen LogP contribution in [0.15, 0.2) is 12.1 Å². The van der Waals surface area contributed by atoms with E-state index < -0.39 is 0 Å². The first-order valence-electron chi connectivity index (χ1n) is 6.26. The highest BCUT2D eigenvalue weighted by atomic mass is 14.9. The van der Waals surface area contributed by atoms with Crippen molar-refractivity contribution in [3.63, 3.8) is 0 Å². The third-order valence-electron chi connectivity index (χ3n) is 3.55. The molecule has 2 nitrogen and oxygen atoms in total. The average molecular weight is 230 g/mol. The van der Waals surface area contributed by atoms with Crippen LogP contribution in [0.2, 0.25) is 0 Å². The summed E-state index contributed by atoms with van der Waals surface area (Å²) >= 11 is 0. The lowest BCUT2D eigenvalue weighted by atomic mass is 9.99. The Morgan fingerprint density at radius 3 is 2.53 bits per heavy atom. The quantitative estimate of drug-likeness (QED) is 0.842. The SMILES string of the molecule is CCC(C#N)CNCc1ccc(C)c(C)c1C. The predicted octanol–water partition coefficient (Wildman–Crippen LogP) is 3.25. The van der Waals surface area contributed by atoms with E-state index in [9.17, 15) is 0 Å². The molecule has 0 heterocycles. The second-order valence-corrected chi connectivity index (χ2v) is 4.66. The molecule has 1 atom stereocenters. The first-order valence-corrected chi connectivity index (χ1v) is 6.26. The lowest BCUT2D eigenvalue weighted by Gasteiger charge is -2.13. The monoisotopic (exact) mass is 230 g/mol.